The summed E-state index contributed by atoms with van der Waals surface area (Å²) in [5.41, 5.74) is 4.66. The van der Waals surface area contributed by atoms with Crippen LogP contribution in [0.25, 0.3) is 22.2 Å². The standard InChI is InChI=1S/C38H47BrN12O5S/c1-38(2,3)56-37(52)51-17-15-49(16-18-51)25-9-13-50(14-10-25)31-20-32(55-5)30(19-26(31)24-21-43-48(4)23-24)45-36-42-22-27(39)35(46-36)44-29-8-7-28-33(41-12-11-40-28)34(29)47-57(6,53)54/h7-8,11-12,19-23,25,47H,9-10,13-18H2,1-6H3,(H2,42,44,45,46). The van der Waals surface area contributed by atoms with Crippen molar-refractivity contribution in [2.24, 2.45) is 7.05 Å². The zero-order valence-electron chi connectivity index (χ0n) is 32.8. The van der Waals surface area contributed by atoms with Gasteiger partial charge >= 0.3 is 6.09 Å². The molecule has 19 heteroatoms. The van der Waals surface area contributed by atoms with Gasteiger partial charge in [-0.05, 0) is 67.7 Å². The van der Waals surface area contributed by atoms with E-state index >= 15 is 0 Å². The fraction of sp³-hybridized carbons (Fsp3) is 0.421. The Morgan fingerprint density at radius 3 is 2.35 bits per heavy atom. The quantitative estimate of drug-likeness (QED) is 0.149. The summed E-state index contributed by atoms with van der Waals surface area (Å²) < 4.78 is 41.2. The number of nitrogens with zero attached hydrogens (tertiary/aromatic N) is 9. The van der Waals surface area contributed by atoms with Crippen LogP contribution in [-0.2, 0) is 21.8 Å². The molecule has 0 unspecified atom stereocenters. The van der Waals surface area contributed by atoms with Gasteiger partial charge in [0.2, 0.25) is 16.0 Å². The summed E-state index contributed by atoms with van der Waals surface area (Å²) in [6.45, 7) is 10.3. The number of carbonyl (C=O) groups is 1. The van der Waals surface area contributed by atoms with Crippen molar-refractivity contribution in [1.82, 2.24) is 39.5 Å². The van der Waals surface area contributed by atoms with Crippen molar-refractivity contribution in [2.75, 3.05) is 72.9 Å². The highest BCUT2D eigenvalue weighted by molar-refractivity contribution is 9.10. The number of hydrogen-bond donors (Lipinski definition) is 3. The maximum atomic E-state index is 12.6. The van der Waals surface area contributed by atoms with Gasteiger partial charge < -0.3 is 29.9 Å². The zero-order chi connectivity index (χ0) is 40.5. The van der Waals surface area contributed by atoms with Crippen LogP contribution < -0.4 is 25.0 Å². The third-order valence-electron chi connectivity index (χ3n) is 9.79. The van der Waals surface area contributed by atoms with Gasteiger partial charge in [-0.3, -0.25) is 24.3 Å². The molecule has 2 saturated heterocycles. The second kappa shape index (κ2) is 16.3. The minimum Gasteiger partial charge on any atom is -0.494 e. The first kappa shape index (κ1) is 39.9. The predicted molar refractivity (Wildman–Crippen MR) is 224 cm³/mol. The SMILES string of the molecule is COc1cc(N2CCC(N3CCN(C(=O)OC(C)(C)C)CC3)CC2)c(-c2cnn(C)c2)cc1Nc1ncc(Br)c(Nc2ccc3nccnc3c2NS(C)(=O)=O)n1. The first-order valence-corrected chi connectivity index (χ1v) is 21.3. The van der Waals surface area contributed by atoms with E-state index in [2.05, 4.69) is 61.1 Å². The number of piperazine rings is 1. The Morgan fingerprint density at radius 2 is 1.68 bits per heavy atom. The molecule has 2 aliphatic rings. The number of rotatable bonds is 10. The Balaban J connectivity index is 1.11. The Morgan fingerprint density at radius 1 is 0.947 bits per heavy atom. The molecule has 17 nitrogen and oxygen atoms in total. The Hall–Kier alpha value is -5.27. The molecule has 0 bridgehead atoms. The number of benzene rings is 2. The number of methoxy groups -OCH3 is 1. The van der Waals surface area contributed by atoms with Crippen LogP contribution in [0.15, 0.2) is 59.7 Å². The molecule has 57 heavy (non-hydrogen) atoms. The maximum Gasteiger partial charge on any atom is 0.410 e. The number of ether oxygens (including phenoxy) is 2. The van der Waals surface area contributed by atoms with Crippen LogP contribution in [0.3, 0.4) is 0 Å². The van der Waals surface area contributed by atoms with E-state index in [9.17, 15) is 13.2 Å². The number of carbonyl (C=O) groups excluding carboxylic acids is 1. The second-order valence-electron chi connectivity index (χ2n) is 15.1. The van der Waals surface area contributed by atoms with E-state index in [1.807, 2.05) is 57.2 Å². The summed E-state index contributed by atoms with van der Waals surface area (Å²) >= 11 is 3.54. The van der Waals surface area contributed by atoms with Gasteiger partial charge in [0.1, 0.15) is 22.7 Å². The van der Waals surface area contributed by atoms with Crippen LogP contribution in [0.5, 0.6) is 5.75 Å². The van der Waals surface area contributed by atoms with Gasteiger partial charge in [-0.25, -0.2) is 18.2 Å². The van der Waals surface area contributed by atoms with E-state index in [-0.39, 0.29) is 17.7 Å². The average molecular weight is 864 g/mol. The Bertz CT molecular complexity index is 2370. The van der Waals surface area contributed by atoms with Crippen LogP contribution in [0.4, 0.5) is 39.3 Å². The van der Waals surface area contributed by atoms with Gasteiger partial charge in [-0.15, -0.1) is 0 Å². The molecule has 5 heterocycles. The number of sulfonamides is 1. The summed E-state index contributed by atoms with van der Waals surface area (Å²) in [6.07, 6.45) is 11.3. The molecule has 302 valence electrons. The monoisotopic (exact) mass is 862 g/mol. The average Bonchev–Trinajstić information content (AvgIpc) is 3.61. The topological polar surface area (TPSA) is 185 Å². The minimum absolute atomic E-state index is 0.242. The summed E-state index contributed by atoms with van der Waals surface area (Å²) in [4.78, 5) is 37.3. The van der Waals surface area contributed by atoms with Crippen LogP contribution in [-0.4, -0.2) is 118 Å². The minimum atomic E-state index is -3.66. The van der Waals surface area contributed by atoms with Crippen LogP contribution in [0.2, 0.25) is 0 Å². The lowest BCUT2D eigenvalue weighted by atomic mass is 9.98. The molecule has 0 radical (unpaired) electrons. The predicted octanol–water partition coefficient (Wildman–Crippen LogP) is 5.97. The van der Waals surface area contributed by atoms with Gasteiger partial charge in [0.15, 0.2) is 0 Å². The zero-order valence-corrected chi connectivity index (χ0v) is 35.2. The third-order valence-corrected chi connectivity index (χ3v) is 10.9. The van der Waals surface area contributed by atoms with E-state index in [0.29, 0.717) is 57.6 Å². The number of nitrogens with one attached hydrogen (secondary N) is 3. The number of amides is 1. The van der Waals surface area contributed by atoms with Gasteiger partial charge in [0.25, 0.3) is 0 Å². The highest BCUT2D eigenvalue weighted by atomic mass is 79.9. The lowest BCUT2D eigenvalue weighted by Gasteiger charge is -2.43. The van der Waals surface area contributed by atoms with Gasteiger partial charge in [-0.2, -0.15) is 10.1 Å². The molecule has 1 amide bonds. The molecule has 3 aromatic heterocycles. The number of fused-ring (bicyclic) bond motifs is 1. The molecule has 7 rings (SSSR count). The first-order chi connectivity index (χ1) is 27.1. The van der Waals surface area contributed by atoms with Crippen molar-refractivity contribution in [3.05, 3.63) is 59.7 Å². The van der Waals surface area contributed by atoms with E-state index in [1.165, 1.54) is 6.20 Å². The number of hydrogen-bond acceptors (Lipinski definition) is 14. The Labute approximate surface area is 340 Å². The molecule has 2 aromatic carbocycles. The van der Waals surface area contributed by atoms with Gasteiger partial charge in [0, 0.05) is 100 Å². The summed E-state index contributed by atoms with van der Waals surface area (Å²) in [5, 5.41) is 11.1. The number of aromatic nitrogens is 6. The van der Waals surface area contributed by atoms with Crippen molar-refractivity contribution in [2.45, 2.75) is 45.3 Å². The molecular formula is C38H47BrN12O5S. The van der Waals surface area contributed by atoms with E-state index in [4.69, 9.17) is 14.5 Å². The second-order valence-corrected chi connectivity index (χ2v) is 17.7. The summed E-state index contributed by atoms with van der Waals surface area (Å²) in [5.74, 6) is 1.26. The third kappa shape index (κ3) is 9.48. The molecule has 0 saturated carbocycles. The highest BCUT2D eigenvalue weighted by Crippen LogP contribution is 2.42. The van der Waals surface area contributed by atoms with Crippen molar-refractivity contribution in [3.63, 3.8) is 0 Å². The molecule has 0 spiro atoms. The molecule has 0 aliphatic carbocycles. The van der Waals surface area contributed by atoms with Crippen LogP contribution in [0, 0.1) is 0 Å². The van der Waals surface area contributed by atoms with E-state index in [1.54, 1.807) is 36.3 Å². The molecule has 2 aliphatic heterocycles. The summed E-state index contributed by atoms with van der Waals surface area (Å²) in [6, 6.07) is 7.95. The van der Waals surface area contributed by atoms with Crippen molar-refractivity contribution >= 4 is 77.6 Å². The van der Waals surface area contributed by atoms with E-state index < -0.39 is 15.6 Å². The number of piperidine rings is 1. The van der Waals surface area contributed by atoms with Crippen molar-refractivity contribution in [1.29, 1.82) is 0 Å². The largest absolute Gasteiger partial charge is 0.494 e. The fourth-order valence-electron chi connectivity index (χ4n) is 7.15. The molecule has 0 atom stereocenters. The molecular weight excluding hydrogens is 816 g/mol. The highest BCUT2D eigenvalue weighted by Gasteiger charge is 2.32. The van der Waals surface area contributed by atoms with Gasteiger partial charge in [-0.1, -0.05) is 0 Å². The number of aryl methyl sites for hydroxylation is 1. The summed E-state index contributed by atoms with van der Waals surface area (Å²) in [7, 11) is -0.138. The van der Waals surface area contributed by atoms with Crippen molar-refractivity contribution < 1.29 is 22.7 Å². The Kier molecular flexibility index (Phi) is 11.4. The number of anilines is 6. The van der Waals surface area contributed by atoms with Crippen molar-refractivity contribution in [3.8, 4) is 16.9 Å². The lowest BCUT2D eigenvalue weighted by molar-refractivity contribution is 0.00901. The van der Waals surface area contributed by atoms with E-state index in [0.717, 1.165) is 62.1 Å². The first-order valence-electron chi connectivity index (χ1n) is 18.6. The normalized spacial score (nSPS) is 15.8. The van der Waals surface area contributed by atoms with Crippen LogP contribution >= 0.6 is 15.9 Å². The molecule has 2 fully saturated rings. The van der Waals surface area contributed by atoms with Crippen LogP contribution in [0.1, 0.15) is 33.6 Å². The lowest BCUT2D eigenvalue weighted by Crippen LogP contribution is -2.55. The maximum absolute atomic E-state index is 12.6. The smallest absolute Gasteiger partial charge is 0.410 e. The molecule has 3 N–H and O–H groups in total. The number of halogens is 1. The van der Waals surface area contributed by atoms with Gasteiger partial charge in [0.05, 0.1) is 46.6 Å². The molecule has 5 aromatic rings. The fourth-order valence-corrected chi connectivity index (χ4v) is 8.02.